The van der Waals surface area contributed by atoms with Crippen molar-refractivity contribution in [2.24, 2.45) is 4.99 Å². The topological polar surface area (TPSA) is 52.3 Å². The molecule has 0 saturated heterocycles. The van der Waals surface area contributed by atoms with Crippen LogP contribution in [0.25, 0.3) is 10.2 Å². The molecular formula is C12H11IN4S. The molecule has 0 bridgehead atoms. The Morgan fingerprint density at radius 3 is 2.94 bits per heavy atom. The number of hydrogen-bond acceptors (Lipinski definition) is 4. The number of benzene rings is 1. The monoisotopic (exact) mass is 370 g/mol. The molecule has 0 amide bonds. The molecule has 0 atom stereocenters. The number of nitriles is 1. The molecule has 0 aliphatic carbocycles. The molecule has 6 heteroatoms. The molecule has 1 heterocycles. The van der Waals surface area contributed by atoms with Crippen LogP contribution in [0.5, 0.6) is 0 Å². The molecule has 1 aromatic carbocycles. The quantitative estimate of drug-likeness (QED) is 0.361. The molecule has 2 aromatic rings. The maximum atomic E-state index is 9.30. The third-order valence-corrected chi connectivity index (χ3v) is 4.56. The maximum Gasteiger partial charge on any atom is 0.104 e. The van der Waals surface area contributed by atoms with Crippen molar-refractivity contribution in [1.82, 2.24) is 9.88 Å². The van der Waals surface area contributed by atoms with Crippen molar-refractivity contribution in [3.8, 4) is 6.07 Å². The van der Waals surface area contributed by atoms with E-state index in [1.54, 1.807) is 17.7 Å². The van der Waals surface area contributed by atoms with Crippen LogP contribution in [0.2, 0.25) is 0 Å². The molecule has 18 heavy (non-hydrogen) atoms. The van der Waals surface area contributed by atoms with Crippen molar-refractivity contribution in [1.29, 1.82) is 5.26 Å². The average Bonchev–Trinajstić information content (AvgIpc) is 2.78. The molecule has 0 fully saturated rings. The van der Waals surface area contributed by atoms with Gasteiger partial charge in [-0.2, -0.15) is 5.26 Å². The van der Waals surface area contributed by atoms with E-state index in [-0.39, 0.29) is 0 Å². The normalized spacial score (nSPS) is 11.0. The Morgan fingerprint density at radius 1 is 1.56 bits per heavy atom. The highest BCUT2D eigenvalue weighted by atomic mass is 127. The number of aliphatic imine (C=N–C) groups is 1. The third kappa shape index (κ3) is 2.62. The molecule has 2 rings (SSSR count). The standard InChI is InChI=1S/C12H11IN4S/c1-17(2)7-15-9-3-4-10-12(8(9)6-14)18-11(5-13)16-10/h3-4,7H,5H2,1-2H3. The lowest BCUT2D eigenvalue weighted by Gasteiger charge is -2.03. The lowest BCUT2D eigenvalue weighted by Crippen LogP contribution is -2.07. The van der Waals surface area contributed by atoms with Gasteiger partial charge in [0.05, 0.1) is 32.2 Å². The Kier molecular flexibility index (Phi) is 4.14. The van der Waals surface area contributed by atoms with Gasteiger partial charge in [-0.25, -0.2) is 9.98 Å². The highest BCUT2D eigenvalue weighted by Gasteiger charge is 2.11. The summed E-state index contributed by atoms with van der Waals surface area (Å²) in [4.78, 5) is 10.6. The number of alkyl halides is 1. The van der Waals surface area contributed by atoms with E-state index in [0.29, 0.717) is 11.3 Å². The summed E-state index contributed by atoms with van der Waals surface area (Å²) in [6, 6.07) is 6.00. The van der Waals surface area contributed by atoms with Crippen molar-refractivity contribution >= 4 is 56.2 Å². The fourth-order valence-corrected chi connectivity index (χ4v) is 3.02. The van der Waals surface area contributed by atoms with Gasteiger partial charge < -0.3 is 4.90 Å². The summed E-state index contributed by atoms with van der Waals surface area (Å²) in [5.41, 5.74) is 2.19. The summed E-state index contributed by atoms with van der Waals surface area (Å²) in [5.74, 6) is 0. The molecule has 0 unspecified atom stereocenters. The Balaban J connectivity index is 2.59. The number of rotatable bonds is 3. The van der Waals surface area contributed by atoms with Gasteiger partial charge in [0.25, 0.3) is 0 Å². The Bertz CT molecular complexity index is 639. The third-order valence-electron chi connectivity index (χ3n) is 2.23. The molecule has 4 nitrogen and oxygen atoms in total. The Hall–Kier alpha value is -1.20. The van der Waals surface area contributed by atoms with Crippen molar-refractivity contribution in [3.63, 3.8) is 0 Å². The molecule has 0 radical (unpaired) electrons. The Labute approximate surface area is 123 Å². The molecule has 0 saturated carbocycles. The first-order chi connectivity index (χ1) is 8.65. The van der Waals surface area contributed by atoms with Gasteiger partial charge in [-0.1, -0.05) is 22.6 Å². The van der Waals surface area contributed by atoms with Crippen LogP contribution in [0.15, 0.2) is 17.1 Å². The van der Waals surface area contributed by atoms with Crippen LogP contribution in [0.1, 0.15) is 10.6 Å². The van der Waals surface area contributed by atoms with Gasteiger partial charge in [0, 0.05) is 14.1 Å². The van der Waals surface area contributed by atoms with E-state index in [1.165, 1.54) is 0 Å². The summed E-state index contributed by atoms with van der Waals surface area (Å²) in [6.07, 6.45) is 1.70. The second kappa shape index (κ2) is 5.63. The second-order valence-corrected chi connectivity index (χ2v) is 5.72. The van der Waals surface area contributed by atoms with Gasteiger partial charge in [-0.05, 0) is 12.1 Å². The van der Waals surface area contributed by atoms with E-state index in [2.05, 4.69) is 38.6 Å². The average molecular weight is 370 g/mol. The molecule has 0 spiro atoms. The first-order valence-corrected chi connectivity index (χ1v) is 7.59. The van der Waals surface area contributed by atoms with Gasteiger partial charge in [-0.15, -0.1) is 11.3 Å². The fraction of sp³-hybridized carbons (Fsp3) is 0.250. The first kappa shape index (κ1) is 13.2. The van der Waals surface area contributed by atoms with Crippen LogP contribution in [-0.2, 0) is 4.43 Å². The summed E-state index contributed by atoms with van der Waals surface area (Å²) >= 11 is 3.84. The number of thiazole rings is 1. The summed E-state index contributed by atoms with van der Waals surface area (Å²) < 4.78 is 1.79. The minimum atomic E-state index is 0.610. The molecular weight excluding hydrogens is 359 g/mol. The van der Waals surface area contributed by atoms with Crippen LogP contribution in [0, 0.1) is 11.3 Å². The number of hydrogen-bond donors (Lipinski definition) is 0. The van der Waals surface area contributed by atoms with E-state index in [0.717, 1.165) is 19.7 Å². The van der Waals surface area contributed by atoms with Gasteiger partial charge in [0.2, 0.25) is 0 Å². The summed E-state index contributed by atoms with van der Waals surface area (Å²) in [5, 5.41) is 10.3. The maximum absolute atomic E-state index is 9.30. The van der Waals surface area contributed by atoms with E-state index < -0.39 is 0 Å². The SMILES string of the molecule is CN(C)C=Nc1ccc2nc(CI)sc2c1C#N. The highest BCUT2D eigenvalue weighted by Crippen LogP contribution is 2.32. The summed E-state index contributed by atoms with van der Waals surface area (Å²) in [6.45, 7) is 0. The molecule has 1 aromatic heterocycles. The zero-order valence-corrected chi connectivity index (χ0v) is 13.0. The predicted octanol–water partition coefficient (Wildman–Crippen LogP) is 3.32. The van der Waals surface area contributed by atoms with Crippen LogP contribution in [0.3, 0.4) is 0 Å². The predicted molar refractivity (Wildman–Crippen MR) is 83.9 cm³/mol. The largest absolute Gasteiger partial charge is 0.369 e. The van der Waals surface area contributed by atoms with Gasteiger partial charge in [-0.3, -0.25) is 0 Å². The summed E-state index contributed by atoms with van der Waals surface area (Å²) in [7, 11) is 3.80. The minimum Gasteiger partial charge on any atom is -0.369 e. The van der Waals surface area contributed by atoms with Crippen LogP contribution >= 0.6 is 33.9 Å². The van der Waals surface area contributed by atoms with Crippen molar-refractivity contribution in [2.75, 3.05) is 14.1 Å². The zero-order valence-electron chi connectivity index (χ0n) is 10.0. The molecule has 92 valence electrons. The van der Waals surface area contributed by atoms with E-state index in [1.807, 2.05) is 31.1 Å². The fourth-order valence-electron chi connectivity index (χ4n) is 1.48. The van der Waals surface area contributed by atoms with Crippen molar-refractivity contribution < 1.29 is 0 Å². The number of halogens is 1. The van der Waals surface area contributed by atoms with Crippen LogP contribution < -0.4 is 0 Å². The van der Waals surface area contributed by atoms with Gasteiger partial charge >= 0.3 is 0 Å². The van der Waals surface area contributed by atoms with Crippen LogP contribution in [0.4, 0.5) is 5.69 Å². The van der Waals surface area contributed by atoms with Crippen molar-refractivity contribution in [3.05, 3.63) is 22.7 Å². The number of nitrogens with zero attached hydrogens (tertiary/aromatic N) is 4. The smallest absolute Gasteiger partial charge is 0.104 e. The van der Waals surface area contributed by atoms with Gasteiger partial charge in [0.15, 0.2) is 0 Å². The molecule has 0 aliphatic rings. The molecule has 0 aliphatic heterocycles. The number of fused-ring (bicyclic) bond motifs is 1. The zero-order chi connectivity index (χ0) is 13.1. The first-order valence-electron chi connectivity index (χ1n) is 5.24. The van der Waals surface area contributed by atoms with Crippen molar-refractivity contribution in [2.45, 2.75) is 4.43 Å². The van der Waals surface area contributed by atoms with E-state index in [9.17, 15) is 5.26 Å². The highest BCUT2D eigenvalue weighted by molar-refractivity contribution is 14.1. The minimum absolute atomic E-state index is 0.610. The van der Waals surface area contributed by atoms with E-state index >= 15 is 0 Å². The second-order valence-electron chi connectivity index (χ2n) is 3.87. The van der Waals surface area contributed by atoms with E-state index in [4.69, 9.17) is 0 Å². The Morgan fingerprint density at radius 2 is 2.33 bits per heavy atom. The van der Waals surface area contributed by atoms with Gasteiger partial charge in [0.1, 0.15) is 11.1 Å². The lowest BCUT2D eigenvalue weighted by molar-refractivity contribution is 0.643. The number of aromatic nitrogens is 1. The molecule has 0 N–H and O–H groups in total. The lowest BCUT2D eigenvalue weighted by atomic mass is 10.2. The van der Waals surface area contributed by atoms with Crippen LogP contribution in [-0.4, -0.2) is 30.3 Å².